The number of aromatic nitrogens is 2. The number of rotatable bonds is 5. The molecule has 1 N–H and O–H groups in total. The lowest BCUT2D eigenvalue weighted by Crippen LogP contribution is -2.49. The van der Waals surface area contributed by atoms with E-state index in [-0.39, 0.29) is 6.09 Å². The summed E-state index contributed by atoms with van der Waals surface area (Å²) in [5, 5.41) is 3.59. The highest BCUT2D eigenvalue weighted by molar-refractivity contribution is 6.29. The van der Waals surface area contributed by atoms with E-state index in [4.69, 9.17) is 16.3 Å². The number of nitrogens with one attached hydrogen (secondary N) is 1. The van der Waals surface area contributed by atoms with Crippen LogP contribution < -0.4 is 5.32 Å². The van der Waals surface area contributed by atoms with Gasteiger partial charge in [0.05, 0.1) is 0 Å². The first-order valence-electron chi connectivity index (χ1n) is 9.79. The van der Waals surface area contributed by atoms with Gasteiger partial charge in [0.1, 0.15) is 10.8 Å². The number of benzene rings is 1. The van der Waals surface area contributed by atoms with E-state index in [0.29, 0.717) is 30.7 Å². The van der Waals surface area contributed by atoms with E-state index < -0.39 is 5.60 Å². The zero-order valence-electron chi connectivity index (χ0n) is 17.2. The Bertz CT molecular complexity index is 815. The van der Waals surface area contributed by atoms with Crippen LogP contribution >= 0.6 is 11.6 Å². The molecule has 2 heterocycles. The van der Waals surface area contributed by atoms with Crippen molar-refractivity contribution in [3.8, 4) is 0 Å². The normalized spacial score (nSPS) is 15.2. The summed E-state index contributed by atoms with van der Waals surface area (Å²) in [6, 6.07) is 10.1. The molecule has 1 aliphatic heterocycles. The van der Waals surface area contributed by atoms with E-state index in [1.165, 1.54) is 5.56 Å². The first kappa shape index (κ1) is 21.3. The van der Waals surface area contributed by atoms with E-state index in [0.717, 1.165) is 25.2 Å². The maximum Gasteiger partial charge on any atom is 0.410 e. The minimum atomic E-state index is -0.455. The third kappa shape index (κ3) is 6.87. The van der Waals surface area contributed by atoms with Crippen LogP contribution in [0, 0.1) is 0 Å². The minimum absolute atomic E-state index is 0.224. The zero-order chi connectivity index (χ0) is 20.9. The van der Waals surface area contributed by atoms with Gasteiger partial charge in [-0.05, 0) is 38.0 Å². The van der Waals surface area contributed by atoms with Gasteiger partial charge < -0.3 is 15.0 Å². The number of anilines is 1. The molecule has 0 aliphatic carbocycles. The van der Waals surface area contributed by atoms with Crippen molar-refractivity contribution >= 4 is 23.6 Å². The quantitative estimate of drug-likeness (QED) is 0.746. The van der Waals surface area contributed by atoms with Crippen molar-refractivity contribution in [3.63, 3.8) is 0 Å². The van der Waals surface area contributed by atoms with Crippen LogP contribution in [-0.4, -0.2) is 57.6 Å². The zero-order valence-corrected chi connectivity index (χ0v) is 17.9. The second-order valence-corrected chi connectivity index (χ2v) is 8.50. The molecular formula is C21H28ClN5O2. The maximum atomic E-state index is 12.2. The van der Waals surface area contributed by atoms with Gasteiger partial charge in [-0.1, -0.05) is 35.9 Å². The number of hydrogen-bond acceptors (Lipinski definition) is 6. The molecule has 1 saturated heterocycles. The van der Waals surface area contributed by atoms with Crippen molar-refractivity contribution in [1.82, 2.24) is 19.8 Å². The first-order chi connectivity index (χ1) is 13.8. The molecule has 3 rings (SSSR count). The maximum absolute atomic E-state index is 12.2. The molecule has 2 aromatic rings. The van der Waals surface area contributed by atoms with Crippen molar-refractivity contribution in [2.24, 2.45) is 0 Å². The lowest BCUT2D eigenvalue weighted by Gasteiger charge is -2.35. The van der Waals surface area contributed by atoms with E-state index in [1.807, 2.05) is 20.8 Å². The summed E-state index contributed by atoms with van der Waals surface area (Å²) in [5.41, 5.74) is 1.94. The number of hydrogen-bond donors (Lipinski definition) is 1. The molecule has 1 fully saturated rings. The topological polar surface area (TPSA) is 70.6 Å². The number of ether oxygens (including phenoxy) is 1. The van der Waals surface area contributed by atoms with Gasteiger partial charge in [0.2, 0.25) is 5.95 Å². The first-order valence-corrected chi connectivity index (χ1v) is 10.2. The van der Waals surface area contributed by atoms with Crippen LogP contribution in [0.5, 0.6) is 0 Å². The van der Waals surface area contributed by atoms with E-state index >= 15 is 0 Å². The third-order valence-corrected chi connectivity index (χ3v) is 4.74. The summed E-state index contributed by atoms with van der Waals surface area (Å²) in [5.74, 6) is 0.518. The Morgan fingerprint density at radius 1 is 1.10 bits per heavy atom. The molecule has 1 aromatic carbocycles. The highest BCUT2D eigenvalue weighted by Gasteiger charge is 2.25. The van der Waals surface area contributed by atoms with E-state index in [9.17, 15) is 4.79 Å². The van der Waals surface area contributed by atoms with Crippen LogP contribution in [0.1, 0.15) is 31.9 Å². The van der Waals surface area contributed by atoms with Crippen molar-refractivity contribution in [3.05, 3.63) is 52.8 Å². The lowest BCUT2D eigenvalue weighted by atomic mass is 10.1. The Morgan fingerprint density at radius 2 is 1.76 bits per heavy atom. The van der Waals surface area contributed by atoms with Crippen molar-refractivity contribution < 1.29 is 9.53 Å². The molecular weight excluding hydrogens is 390 g/mol. The number of piperazine rings is 1. The Labute approximate surface area is 177 Å². The fraction of sp³-hybridized carbons (Fsp3) is 0.476. The van der Waals surface area contributed by atoms with Gasteiger partial charge in [-0.25, -0.2) is 14.8 Å². The van der Waals surface area contributed by atoms with Crippen LogP contribution in [0.15, 0.2) is 36.5 Å². The fourth-order valence-corrected chi connectivity index (χ4v) is 3.18. The smallest absolute Gasteiger partial charge is 0.410 e. The van der Waals surface area contributed by atoms with Crippen LogP contribution in [0.4, 0.5) is 10.7 Å². The van der Waals surface area contributed by atoms with Crippen molar-refractivity contribution in [1.29, 1.82) is 0 Å². The van der Waals surface area contributed by atoms with Crippen LogP contribution in [0.3, 0.4) is 0 Å². The van der Waals surface area contributed by atoms with Crippen LogP contribution in [-0.2, 0) is 17.8 Å². The standard InChI is InChI=1S/C21H28ClN5O2/c1-21(2,3)29-20(28)27-12-10-26(11-13-27)15-17-6-4-16(5-7-17)14-24-19-23-9-8-18(22)25-19/h4-9H,10-15H2,1-3H3,(H,23,24,25). The van der Waals surface area contributed by atoms with Crippen LogP contribution in [0.2, 0.25) is 5.15 Å². The van der Waals surface area contributed by atoms with Crippen molar-refractivity contribution in [2.75, 3.05) is 31.5 Å². The summed E-state index contributed by atoms with van der Waals surface area (Å²) in [4.78, 5) is 24.6. The van der Waals surface area contributed by atoms with Gasteiger partial charge >= 0.3 is 6.09 Å². The fourth-order valence-electron chi connectivity index (χ4n) is 3.04. The molecule has 1 amide bonds. The molecule has 0 spiro atoms. The van der Waals surface area contributed by atoms with Gasteiger partial charge in [0, 0.05) is 45.5 Å². The molecule has 8 heteroatoms. The van der Waals surface area contributed by atoms with Crippen molar-refractivity contribution in [2.45, 2.75) is 39.5 Å². The number of nitrogens with zero attached hydrogens (tertiary/aromatic N) is 4. The van der Waals surface area contributed by atoms with Gasteiger partial charge in [-0.3, -0.25) is 4.90 Å². The second kappa shape index (κ2) is 9.41. The van der Waals surface area contributed by atoms with Gasteiger partial charge in [0.25, 0.3) is 0 Å². The summed E-state index contributed by atoms with van der Waals surface area (Å²) >= 11 is 5.87. The third-order valence-electron chi connectivity index (χ3n) is 4.53. The Balaban J connectivity index is 1.44. The second-order valence-electron chi connectivity index (χ2n) is 8.12. The lowest BCUT2D eigenvalue weighted by molar-refractivity contribution is 0.0139. The summed E-state index contributed by atoms with van der Waals surface area (Å²) in [6.45, 7) is 10.2. The Hall–Kier alpha value is -2.38. The predicted molar refractivity (Wildman–Crippen MR) is 114 cm³/mol. The summed E-state index contributed by atoms with van der Waals surface area (Å²) < 4.78 is 5.45. The summed E-state index contributed by atoms with van der Waals surface area (Å²) in [6.07, 6.45) is 1.40. The van der Waals surface area contributed by atoms with Gasteiger partial charge in [-0.2, -0.15) is 0 Å². The highest BCUT2D eigenvalue weighted by Crippen LogP contribution is 2.14. The molecule has 0 radical (unpaired) electrons. The molecule has 0 saturated carbocycles. The monoisotopic (exact) mass is 417 g/mol. The molecule has 0 bridgehead atoms. The minimum Gasteiger partial charge on any atom is -0.444 e. The number of halogens is 1. The van der Waals surface area contributed by atoms with E-state index in [2.05, 4.69) is 44.5 Å². The number of carbonyl (C=O) groups excluding carboxylic acids is 1. The Kier molecular flexibility index (Phi) is 6.92. The molecule has 29 heavy (non-hydrogen) atoms. The predicted octanol–water partition coefficient (Wildman–Crippen LogP) is 3.79. The average Bonchev–Trinajstić information content (AvgIpc) is 2.67. The molecule has 156 valence electrons. The highest BCUT2D eigenvalue weighted by atomic mass is 35.5. The van der Waals surface area contributed by atoms with E-state index in [1.54, 1.807) is 17.2 Å². The summed E-state index contributed by atoms with van der Waals surface area (Å²) in [7, 11) is 0. The average molecular weight is 418 g/mol. The Morgan fingerprint density at radius 3 is 2.38 bits per heavy atom. The SMILES string of the molecule is CC(C)(C)OC(=O)N1CCN(Cc2ccc(CNc3nccc(Cl)n3)cc2)CC1. The van der Waals surface area contributed by atoms with Crippen LogP contribution in [0.25, 0.3) is 0 Å². The molecule has 0 unspecified atom stereocenters. The van der Waals surface area contributed by atoms with Gasteiger partial charge in [-0.15, -0.1) is 0 Å². The largest absolute Gasteiger partial charge is 0.444 e. The molecule has 1 aromatic heterocycles. The number of carbonyl (C=O) groups is 1. The molecule has 1 aliphatic rings. The molecule has 0 atom stereocenters. The number of amides is 1. The molecule has 7 nitrogen and oxygen atoms in total. The van der Waals surface area contributed by atoms with Gasteiger partial charge in [0.15, 0.2) is 0 Å².